The molecule has 1 aliphatic carbocycles. The highest BCUT2D eigenvalue weighted by atomic mass is 32.2. The first-order chi connectivity index (χ1) is 16.2. The molecule has 0 aliphatic heterocycles. The number of sulfone groups is 1. The van der Waals surface area contributed by atoms with Gasteiger partial charge in [0.15, 0.2) is 10.9 Å². The summed E-state index contributed by atoms with van der Waals surface area (Å²) in [5.41, 5.74) is 1.68. The first-order valence-corrected chi connectivity index (χ1v) is 12.8. The number of aromatic nitrogens is 5. The van der Waals surface area contributed by atoms with Crippen molar-refractivity contribution >= 4 is 49.5 Å². The summed E-state index contributed by atoms with van der Waals surface area (Å²) in [7, 11) is 1.19. The summed E-state index contributed by atoms with van der Waals surface area (Å²) in [4.78, 5) is 31.7. The quantitative estimate of drug-likeness (QED) is 0.462. The molecule has 2 N–H and O–H groups in total. The summed E-state index contributed by atoms with van der Waals surface area (Å²) in [6.45, 7) is 0. The van der Waals surface area contributed by atoms with Gasteiger partial charge in [0.1, 0.15) is 4.21 Å². The summed E-state index contributed by atoms with van der Waals surface area (Å²) in [5.74, 6) is -0.0423. The van der Waals surface area contributed by atoms with Crippen molar-refractivity contribution in [3.63, 3.8) is 0 Å². The molecule has 3 aromatic rings. The minimum absolute atomic E-state index is 0.0106. The molecular formula is C20H24N8O4S2. The van der Waals surface area contributed by atoms with Gasteiger partial charge in [0.25, 0.3) is 15.0 Å². The molecule has 0 spiro atoms. The number of tetrazole rings is 1. The maximum absolute atomic E-state index is 13.2. The van der Waals surface area contributed by atoms with Gasteiger partial charge in [-0.15, -0.1) is 0 Å². The Morgan fingerprint density at radius 3 is 2.56 bits per heavy atom. The number of Topliss-reactive ketones (excluding diaryl/α,β-unsaturated/α-hetero) is 1. The van der Waals surface area contributed by atoms with Crippen molar-refractivity contribution in [2.24, 2.45) is 13.0 Å². The zero-order chi connectivity index (χ0) is 24.5. The van der Waals surface area contributed by atoms with Gasteiger partial charge >= 0.3 is 6.03 Å². The van der Waals surface area contributed by atoms with Gasteiger partial charge < -0.3 is 10.2 Å². The fourth-order valence-electron chi connectivity index (χ4n) is 3.76. The Bertz CT molecular complexity index is 1330. The first-order valence-electron chi connectivity index (χ1n) is 10.5. The maximum Gasteiger partial charge on any atom is 0.325 e. The second kappa shape index (κ2) is 9.46. The molecule has 0 unspecified atom stereocenters. The van der Waals surface area contributed by atoms with Crippen molar-refractivity contribution in [1.29, 1.82) is 0 Å². The topological polar surface area (TPSA) is 152 Å². The van der Waals surface area contributed by atoms with Crippen LogP contribution in [0, 0.1) is 5.92 Å². The highest BCUT2D eigenvalue weighted by Gasteiger charge is 2.28. The zero-order valence-electron chi connectivity index (χ0n) is 18.8. The van der Waals surface area contributed by atoms with Gasteiger partial charge in [0.05, 0.1) is 11.9 Å². The van der Waals surface area contributed by atoms with E-state index in [-0.39, 0.29) is 26.2 Å². The Labute approximate surface area is 200 Å². The normalized spacial score (nSPS) is 14.2. The van der Waals surface area contributed by atoms with Gasteiger partial charge in [-0.2, -0.15) is 0 Å². The molecule has 2 heterocycles. The predicted octanol–water partition coefficient (Wildman–Crippen LogP) is 2.58. The number of urea groups is 1. The maximum atomic E-state index is 13.2. The van der Waals surface area contributed by atoms with Crippen LogP contribution in [-0.4, -0.2) is 59.5 Å². The Morgan fingerprint density at radius 2 is 1.91 bits per heavy atom. The van der Waals surface area contributed by atoms with E-state index in [9.17, 15) is 18.0 Å². The molecule has 34 heavy (non-hydrogen) atoms. The van der Waals surface area contributed by atoms with Crippen LogP contribution in [0.4, 0.5) is 21.3 Å². The number of nitrogens with one attached hydrogen (secondary N) is 2. The Morgan fingerprint density at radius 1 is 1.18 bits per heavy atom. The molecule has 2 aromatic heterocycles. The molecule has 0 bridgehead atoms. The van der Waals surface area contributed by atoms with E-state index in [1.54, 1.807) is 12.1 Å². The van der Waals surface area contributed by atoms with Crippen LogP contribution in [0.5, 0.6) is 0 Å². The molecule has 180 valence electrons. The second-order valence-corrected chi connectivity index (χ2v) is 11.2. The van der Waals surface area contributed by atoms with E-state index in [4.69, 9.17) is 0 Å². The number of anilines is 3. The van der Waals surface area contributed by atoms with E-state index in [1.807, 2.05) is 25.1 Å². The third kappa shape index (κ3) is 4.77. The fraction of sp³-hybridized carbons (Fsp3) is 0.400. The van der Waals surface area contributed by atoms with Crippen LogP contribution in [0.1, 0.15) is 36.0 Å². The van der Waals surface area contributed by atoms with Crippen LogP contribution in [-0.2, 0) is 16.9 Å². The molecule has 14 heteroatoms. The van der Waals surface area contributed by atoms with Gasteiger partial charge in [0, 0.05) is 38.3 Å². The largest absolute Gasteiger partial charge is 0.378 e. The summed E-state index contributed by atoms with van der Waals surface area (Å²) in [6.07, 6.45) is 4.85. The number of thiazole rings is 1. The Balaban J connectivity index is 1.52. The Kier molecular flexibility index (Phi) is 6.61. The Hall–Kier alpha value is -3.39. The monoisotopic (exact) mass is 504 g/mol. The molecule has 12 nitrogen and oxygen atoms in total. The van der Waals surface area contributed by atoms with Crippen molar-refractivity contribution in [2.45, 2.75) is 35.0 Å². The lowest BCUT2D eigenvalue weighted by Crippen LogP contribution is -2.22. The standard InChI is InChI=1S/C20H24N8O4S2/c1-27(2)13-8-9-15(14(10-13)17(29)12-6-4-5-7-12)22-18(30)23-19-21-11-16(33-19)34(31,32)20-24-25-26-28(20)3/h8-12H,4-7H2,1-3H3,(H2,21,22,23,30). The molecule has 1 aliphatic rings. The molecule has 0 atom stereocenters. The number of carbonyl (C=O) groups excluding carboxylic acids is 2. The van der Waals surface area contributed by atoms with E-state index in [2.05, 4.69) is 31.1 Å². The average Bonchev–Trinajstić information content (AvgIpc) is 3.55. The van der Waals surface area contributed by atoms with E-state index in [0.29, 0.717) is 11.3 Å². The van der Waals surface area contributed by atoms with Gasteiger partial charge in [-0.1, -0.05) is 29.3 Å². The third-order valence-electron chi connectivity index (χ3n) is 5.55. The van der Waals surface area contributed by atoms with Gasteiger partial charge in [-0.05, 0) is 41.5 Å². The van der Waals surface area contributed by atoms with Gasteiger partial charge in [0.2, 0.25) is 0 Å². The van der Waals surface area contributed by atoms with E-state index < -0.39 is 15.9 Å². The summed E-state index contributed by atoms with van der Waals surface area (Å²) >= 11 is 0.769. The predicted molar refractivity (Wildman–Crippen MR) is 126 cm³/mol. The van der Waals surface area contributed by atoms with Crippen LogP contribution in [0.3, 0.4) is 0 Å². The van der Waals surface area contributed by atoms with Crippen LogP contribution >= 0.6 is 11.3 Å². The lowest BCUT2D eigenvalue weighted by molar-refractivity contribution is 0.0924. The lowest BCUT2D eigenvalue weighted by Gasteiger charge is -2.18. The summed E-state index contributed by atoms with van der Waals surface area (Å²) < 4.78 is 26.3. The summed E-state index contributed by atoms with van der Waals surface area (Å²) in [6, 6.07) is 4.64. The van der Waals surface area contributed by atoms with Gasteiger partial charge in [-0.25, -0.2) is 22.9 Å². The van der Waals surface area contributed by atoms with Crippen molar-refractivity contribution in [2.75, 3.05) is 29.6 Å². The van der Waals surface area contributed by atoms with Crippen LogP contribution in [0.2, 0.25) is 0 Å². The number of nitrogens with zero attached hydrogens (tertiary/aromatic N) is 6. The molecule has 0 radical (unpaired) electrons. The highest BCUT2D eigenvalue weighted by molar-refractivity contribution is 7.93. The first kappa shape index (κ1) is 23.8. The van der Waals surface area contributed by atoms with E-state index >= 15 is 0 Å². The molecule has 2 amide bonds. The average molecular weight is 505 g/mol. The van der Waals surface area contributed by atoms with Crippen molar-refractivity contribution in [3.05, 3.63) is 30.0 Å². The van der Waals surface area contributed by atoms with Crippen molar-refractivity contribution < 1.29 is 18.0 Å². The molecule has 1 saturated carbocycles. The SMILES string of the molecule is CN(C)c1ccc(NC(=O)Nc2ncc(S(=O)(=O)c3nnnn3C)s2)c(C(=O)C2CCCC2)c1. The molecule has 1 aromatic carbocycles. The van der Waals surface area contributed by atoms with Crippen LogP contribution in [0.25, 0.3) is 0 Å². The second-order valence-electron chi connectivity index (χ2n) is 8.12. The van der Waals surface area contributed by atoms with Crippen molar-refractivity contribution in [1.82, 2.24) is 25.2 Å². The minimum atomic E-state index is -3.98. The number of rotatable bonds is 7. The van der Waals surface area contributed by atoms with E-state index in [1.165, 1.54) is 7.05 Å². The molecule has 1 fully saturated rings. The number of amides is 2. The molecular weight excluding hydrogens is 480 g/mol. The number of hydrogen-bond donors (Lipinski definition) is 2. The lowest BCUT2D eigenvalue weighted by atomic mass is 9.94. The van der Waals surface area contributed by atoms with E-state index in [0.717, 1.165) is 53.6 Å². The number of hydrogen-bond acceptors (Lipinski definition) is 10. The van der Waals surface area contributed by atoms with Crippen molar-refractivity contribution in [3.8, 4) is 0 Å². The van der Waals surface area contributed by atoms with Crippen LogP contribution < -0.4 is 15.5 Å². The third-order valence-corrected chi connectivity index (χ3v) is 8.63. The fourth-order valence-corrected chi connectivity index (χ4v) is 6.11. The number of carbonyl (C=O) groups is 2. The minimum Gasteiger partial charge on any atom is -0.378 e. The van der Waals surface area contributed by atoms with Gasteiger partial charge in [-0.3, -0.25) is 10.1 Å². The molecule has 0 saturated heterocycles. The number of aryl methyl sites for hydroxylation is 1. The summed E-state index contributed by atoms with van der Waals surface area (Å²) in [5, 5.41) is 15.4. The molecule has 4 rings (SSSR count). The highest BCUT2D eigenvalue weighted by Crippen LogP contribution is 2.32. The van der Waals surface area contributed by atoms with Crippen LogP contribution in [0.15, 0.2) is 33.8 Å². The number of ketones is 1. The smallest absolute Gasteiger partial charge is 0.325 e. The number of benzene rings is 1. The zero-order valence-corrected chi connectivity index (χ0v) is 20.5.